The maximum Gasteiger partial charge on any atom is 0.132 e. The van der Waals surface area contributed by atoms with Crippen molar-refractivity contribution in [1.82, 2.24) is 15.1 Å². The number of aromatic nitrogens is 2. The molecule has 2 aromatic rings. The third-order valence-corrected chi connectivity index (χ3v) is 4.18. The molecule has 1 fully saturated rings. The van der Waals surface area contributed by atoms with E-state index >= 15 is 0 Å². The van der Waals surface area contributed by atoms with Gasteiger partial charge in [0.05, 0.1) is 5.52 Å². The van der Waals surface area contributed by atoms with Crippen molar-refractivity contribution < 1.29 is 0 Å². The molecule has 1 saturated heterocycles. The first-order valence-electron chi connectivity index (χ1n) is 6.23. The van der Waals surface area contributed by atoms with Crippen LogP contribution in [0.15, 0.2) is 18.2 Å². The van der Waals surface area contributed by atoms with Crippen molar-refractivity contribution in [2.75, 3.05) is 20.1 Å². The summed E-state index contributed by atoms with van der Waals surface area (Å²) in [6.07, 6.45) is 1.09. The lowest BCUT2D eigenvalue weighted by molar-refractivity contribution is 0.315. The van der Waals surface area contributed by atoms with Gasteiger partial charge in [-0.3, -0.25) is 10.00 Å². The van der Waals surface area contributed by atoms with Crippen LogP contribution in [-0.2, 0) is 0 Å². The Morgan fingerprint density at radius 1 is 1.56 bits per heavy atom. The summed E-state index contributed by atoms with van der Waals surface area (Å²) in [6.45, 7) is 1.80. The Morgan fingerprint density at radius 2 is 2.39 bits per heavy atom. The minimum Gasteiger partial charge on any atom is -0.330 e. The number of hydrogen-bond donors (Lipinski definition) is 2. The van der Waals surface area contributed by atoms with E-state index in [1.807, 2.05) is 12.1 Å². The van der Waals surface area contributed by atoms with Gasteiger partial charge >= 0.3 is 0 Å². The van der Waals surface area contributed by atoms with Gasteiger partial charge in [-0.25, -0.2) is 0 Å². The van der Waals surface area contributed by atoms with Gasteiger partial charge in [0.15, 0.2) is 0 Å². The van der Waals surface area contributed by atoms with Crippen LogP contribution in [0.2, 0.25) is 5.15 Å². The Hall–Kier alpha value is -1.10. The number of fused-ring (bicyclic) bond motifs is 1. The van der Waals surface area contributed by atoms with Gasteiger partial charge in [0, 0.05) is 18.0 Å². The summed E-state index contributed by atoms with van der Waals surface area (Å²) in [5.41, 5.74) is 8.01. The molecule has 1 aromatic carbocycles. The normalized spacial score (nSPS) is 25.1. The van der Waals surface area contributed by atoms with Crippen molar-refractivity contribution in [1.29, 1.82) is 0 Å². The van der Waals surface area contributed by atoms with E-state index in [4.69, 9.17) is 17.3 Å². The molecule has 2 atom stereocenters. The van der Waals surface area contributed by atoms with Gasteiger partial charge in [-0.15, -0.1) is 0 Å². The highest BCUT2D eigenvalue weighted by atomic mass is 35.5. The summed E-state index contributed by atoms with van der Waals surface area (Å²) in [5, 5.41) is 8.80. The van der Waals surface area contributed by atoms with Crippen molar-refractivity contribution in [3.05, 3.63) is 28.9 Å². The summed E-state index contributed by atoms with van der Waals surface area (Å²) in [7, 11) is 2.15. The third kappa shape index (κ3) is 1.81. The molecule has 1 aromatic heterocycles. The quantitative estimate of drug-likeness (QED) is 0.874. The average molecular weight is 265 g/mol. The van der Waals surface area contributed by atoms with E-state index in [1.54, 1.807) is 0 Å². The first kappa shape index (κ1) is 12.0. The van der Waals surface area contributed by atoms with E-state index in [2.05, 4.69) is 28.2 Å². The first-order valence-corrected chi connectivity index (χ1v) is 6.61. The lowest BCUT2D eigenvalue weighted by Crippen LogP contribution is -2.20. The Bertz CT molecular complexity index is 565. The summed E-state index contributed by atoms with van der Waals surface area (Å²) >= 11 is 6.09. The Balaban J connectivity index is 2.04. The Morgan fingerprint density at radius 3 is 3.11 bits per heavy atom. The predicted octanol–water partition coefficient (Wildman–Crippen LogP) is 2.17. The van der Waals surface area contributed by atoms with Crippen LogP contribution in [0.3, 0.4) is 0 Å². The number of nitrogens with two attached hydrogens (primary N) is 1. The maximum absolute atomic E-state index is 6.09. The van der Waals surface area contributed by atoms with Crippen LogP contribution in [0.1, 0.15) is 18.0 Å². The molecule has 4 nitrogen and oxygen atoms in total. The van der Waals surface area contributed by atoms with E-state index in [0.717, 1.165) is 30.4 Å². The zero-order chi connectivity index (χ0) is 12.7. The van der Waals surface area contributed by atoms with Crippen LogP contribution < -0.4 is 5.73 Å². The van der Waals surface area contributed by atoms with Crippen molar-refractivity contribution in [2.24, 2.45) is 11.7 Å². The van der Waals surface area contributed by atoms with Gasteiger partial charge < -0.3 is 5.73 Å². The standard InChI is InChI=1S/C13H17ClN4/c1-18-7-8(6-15)5-11(18)9-3-2-4-10-12(9)16-17-13(10)14/h2-4,8,11H,5-7,15H2,1H3,(H,16,17). The highest BCUT2D eigenvalue weighted by Gasteiger charge is 2.31. The van der Waals surface area contributed by atoms with Crippen molar-refractivity contribution >= 4 is 22.5 Å². The number of hydrogen-bond acceptors (Lipinski definition) is 3. The van der Waals surface area contributed by atoms with Crippen LogP contribution in [0.25, 0.3) is 10.9 Å². The van der Waals surface area contributed by atoms with Crippen molar-refractivity contribution in [2.45, 2.75) is 12.5 Å². The lowest BCUT2D eigenvalue weighted by Gasteiger charge is -2.19. The number of aromatic amines is 1. The van der Waals surface area contributed by atoms with Gasteiger partial charge in [0.1, 0.15) is 5.15 Å². The summed E-state index contributed by atoms with van der Waals surface area (Å²) in [6, 6.07) is 6.57. The number of H-pyrrole nitrogens is 1. The Labute approximate surface area is 111 Å². The van der Waals surface area contributed by atoms with Gasteiger partial charge in [0.25, 0.3) is 0 Å². The van der Waals surface area contributed by atoms with Gasteiger partial charge in [0.2, 0.25) is 0 Å². The summed E-state index contributed by atoms with van der Waals surface area (Å²) in [4.78, 5) is 2.36. The monoisotopic (exact) mass is 264 g/mol. The Kier molecular flexibility index (Phi) is 3.01. The number of nitrogens with one attached hydrogen (secondary N) is 1. The van der Waals surface area contributed by atoms with E-state index in [1.165, 1.54) is 5.56 Å². The minimum atomic E-state index is 0.390. The summed E-state index contributed by atoms with van der Waals surface area (Å²) in [5.74, 6) is 0.574. The third-order valence-electron chi connectivity index (χ3n) is 3.90. The molecule has 0 saturated carbocycles. The molecule has 1 aliphatic heterocycles. The minimum absolute atomic E-state index is 0.390. The number of rotatable bonds is 2. The topological polar surface area (TPSA) is 57.9 Å². The fourth-order valence-electron chi connectivity index (χ4n) is 2.94. The number of nitrogens with zero attached hydrogens (tertiary/aromatic N) is 2. The maximum atomic E-state index is 6.09. The molecule has 0 amide bonds. The fourth-order valence-corrected chi connectivity index (χ4v) is 3.13. The first-order chi connectivity index (χ1) is 8.70. The fraction of sp³-hybridized carbons (Fsp3) is 0.462. The molecule has 0 radical (unpaired) electrons. The van der Waals surface area contributed by atoms with Crippen LogP contribution in [0.4, 0.5) is 0 Å². The number of likely N-dealkylation sites (tertiary alicyclic amines) is 1. The smallest absolute Gasteiger partial charge is 0.132 e. The van der Waals surface area contributed by atoms with E-state index in [9.17, 15) is 0 Å². The summed E-state index contributed by atoms with van der Waals surface area (Å²) < 4.78 is 0. The van der Waals surface area contributed by atoms with Crippen LogP contribution in [0.5, 0.6) is 0 Å². The molecule has 1 aliphatic rings. The largest absolute Gasteiger partial charge is 0.330 e. The second-order valence-corrected chi connectivity index (χ2v) is 5.45. The molecule has 2 unspecified atom stereocenters. The van der Waals surface area contributed by atoms with E-state index < -0.39 is 0 Å². The molecule has 0 bridgehead atoms. The zero-order valence-electron chi connectivity index (χ0n) is 10.4. The molecule has 3 N–H and O–H groups in total. The SMILES string of the molecule is CN1CC(CN)CC1c1cccc2c(Cl)[nH]nc12. The molecule has 0 aliphatic carbocycles. The van der Waals surface area contributed by atoms with E-state index in [-0.39, 0.29) is 0 Å². The van der Waals surface area contributed by atoms with Crippen LogP contribution in [-0.4, -0.2) is 35.2 Å². The van der Waals surface area contributed by atoms with Crippen LogP contribution >= 0.6 is 11.6 Å². The molecule has 3 rings (SSSR count). The second kappa shape index (κ2) is 4.53. The van der Waals surface area contributed by atoms with E-state index in [0.29, 0.717) is 17.1 Å². The molecule has 2 heterocycles. The molecular weight excluding hydrogens is 248 g/mol. The number of benzene rings is 1. The molecule has 5 heteroatoms. The van der Waals surface area contributed by atoms with Crippen molar-refractivity contribution in [3.8, 4) is 0 Å². The molecule has 0 spiro atoms. The van der Waals surface area contributed by atoms with Gasteiger partial charge in [-0.1, -0.05) is 23.7 Å². The zero-order valence-corrected chi connectivity index (χ0v) is 11.1. The second-order valence-electron chi connectivity index (χ2n) is 5.07. The van der Waals surface area contributed by atoms with Crippen LogP contribution in [0, 0.1) is 5.92 Å². The highest BCUT2D eigenvalue weighted by Crippen LogP contribution is 2.37. The van der Waals surface area contributed by atoms with Gasteiger partial charge in [-0.05, 0) is 37.6 Å². The predicted molar refractivity (Wildman–Crippen MR) is 73.6 cm³/mol. The number of para-hydroxylation sites is 1. The molecular formula is C13H17ClN4. The van der Waals surface area contributed by atoms with Crippen molar-refractivity contribution in [3.63, 3.8) is 0 Å². The molecule has 18 heavy (non-hydrogen) atoms. The highest BCUT2D eigenvalue weighted by molar-refractivity contribution is 6.34. The number of halogens is 1. The molecule has 96 valence electrons. The average Bonchev–Trinajstić information content (AvgIpc) is 2.93. The van der Waals surface area contributed by atoms with Gasteiger partial charge in [-0.2, -0.15) is 5.10 Å². The lowest BCUT2D eigenvalue weighted by atomic mass is 9.98.